The van der Waals surface area contributed by atoms with Gasteiger partial charge >= 0.3 is 0 Å². The van der Waals surface area contributed by atoms with Crippen molar-refractivity contribution in [3.63, 3.8) is 0 Å². The van der Waals surface area contributed by atoms with E-state index in [0.29, 0.717) is 5.92 Å². The van der Waals surface area contributed by atoms with Crippen molar-refractivity contribution in [3.05, 3.63) is 35.4 Å². The van der Waals surface area contributed by atoms with Crippen LogP contribution in [0.25, 0.3) is 0 Å². The fourth-order valence-corrected chi connectivity index (χ4v) is 2.16. The molecule has 0 spiro atoms. The van der Waals surface area contributed by atoms with Crippen molar-refractivity contribution >= 4 is 0 Å². The zero-order chi connectivity index (χ0) is 16.1. The van der Waals surface area contributed by atoms with Crippen LogP contribution >= 0.6 is 0 Å². The second kappa shape index (κ2) is 7.42. The van der Waals surface area contributed by atoms with Crippen molar-refractivity contribution in [2.45, 2.75) is 71.9 Å². The van der Waals surface area contributed by atoms with Crippen LogP contribution in [-0.4, -0.2) is 24.3 Å². The number of ether oxygens (including phenoxy) is 1. The normalized spacial score (nSPS) is 14.2. The summed E-state index contributed by atoms with van der Waals surface area (Å²) in [5, 5.41) is 3.63. The van der Waals surface area contributed by atoms with Crippen molar-refractivity contribution in [1.82, 2.24) is 5.32 Å². The van der Waals surface area contributed by atoms with Gasteiger partial charge in [-0.05, 0) is 66.4 Å². The molecule has 0 heterocycles. The van der Waals surface area contributed by atoms with Crippen molar-refractivity contribution in [1.29, 1.82) is 0 Å². The van der Waals surface area contributed by atoms with Crippen LogP contribution in [0.3, 0.4) is 0 Å². The smallest absolute Gasteiger partial charge is 0.0598 e. The number of hydrogen-bond acceptors (Lipinski definition) is 2. The Hall–Kier alpha value is -0.860. The summed E-state index contributed by atoms with van der Waals surface area (Å²) in [5.41, 5.74) is 2.80. The van der Waals surface area contributed by atoms with Crippen LogP contribution in [0.2, 0.25) is 0 Å². The number of nitrogens with one attached hydrogen (secondary N) is 1. The molecule has 0 saturated carbocycles. The standard InChI is InChI=1S/C19H33NO/c1-15-8-10-16(11-9-15)17(14-20-18(2,3)4)12-13-21-19(5,6)7/h8-11,17,20H,12-14H2,1-7H3. The molecule has 1 atom stereocenters. The third kappa shape index (κ3) is 8.23. The van der Waals surface area contributed by atoms with Gasteiger partial charge in [0.15, 0.2) is 0 Å². The molecular formula is C19H33NO. The minimum Gasteiger partial charge on any atom is -0.376 e. The van der Waals surface area contributed by atoms with Gasteiger partial charge in [-0.15, -0.1) is 0 Å². The van der Waals surface area contributed by atoms with Gasteiger partial charge in [0, 0.05) is 18.7 Å². The minimum absolute atomic E-state index is 0.0602. The quantitative estimate of drug-likeness (QED) is 0.822. The summed E-state index contributed by atoms with van der Waals surface area (Å²) in [7, 11) is 0. The Morgan fingerprint density at radius 1 is 1.00 bits per heavy atom. The highest BCUT2D eigenvalue weighted by molar-refractivity contribution is 5.24. The summed E-state index contributed by atoms with van der Waals surface area (Å²) >= 11 is 0. The van der Waals surface area contributed by atoms with Gasteiger partial charge in [-0.1, -0.05) is 29.8 Å². The third-order valence-electron chi connectivity index (χ3n) is 3.43. The maximum Gasteiger partial charge on any atom is 0.0598 e. The van der Waals surface area contributed by atoms with Crippen LogP contribution in [0, 0.1) is 6.92 Å². The molecule has 0 amide bonds. The van der Waals surface area contributed by atoms with Crippen LogP contribution in [0.15, 0.2) is 24.3 Å². The first-order valence-corrected chi connectivity index (χ1v) is 8.02. The van der Waals surface area contributed by atoms with E-state index in [-0.39, 0.29) is 11.1 Å². The first kappa shape index (κ1) is 18.2. The number of aryl methyl sites for hydroxylation is 1. The number of benzene rings is 1. The summed E-state index contributed by atoms with van der Waals surface area (Å²) in [6.45, 7) is 16.9. The van der Waals surface area contributed by atoms with Gasteiger partial charge < -0.3 is 10.1 Å². The number of rotatable bonds is 6. The van der Waals surface area contributed by atoms with Gasteiger partial charge in [-0.2, -0.15) is 0 Å². The maximum absolute atomic E-state index is 5.91. The molecule has 2 nitrogen and oxygen atoms in total. The zero-order valence-corrected chi connectivity index (χ0v) is 14.9. The van der Waals surface area contributed by atoms with E-state index in [4.69, 9.17) is 4.74 Å². The van der Waals surface area contributed by atoms with E-state index in [1.807, 2.05) is 0 Å². The van der Waals surface area contributed by atoms with E-state index in [2.05, 4.69) is 78.0 Å². The molecule has 0 bridgehead atoms. The molecule has 0 radical (unpaired) electrons. The molecule has 1 unspecified atom stereocenters. The summed E-state index contributed by atoms with van der Waals surface area (Å²) < 4.78 is 5.91. The molecule has 2 heteroatoms. The van der Waals surface area contributed by atoms with Crippen molar-refractivity contribution in [2.24, 2.45) is 0 Å². The van der Waals surface area contributed by atoms with E-state index < -0.39 is 0 Å². The topological polar surface area (TPSA) is 21.3 Å². The first-order chi connectivity index (χ1) is 9.57. The van der Waals surface area contributed by atoms with E-state index in [1.54, 1.807) is 0 Å². The number of hydrogen-bond donors (Lipinski definition) is 1. The van der Waals surface area contributed by atoms with Crippen molar-refractivity contribution < 1.29 is 4.74 Å². The molecule has 0 aliphatic rings. The Bertz CT molecular complexity index is 409. The maximum atomic E-state index is 5.91. The highest BCUT2D eigenvalue weighted by Gasteiger charge is 2.17. The predicted octanol–water partition coefficient (Wildman–Crippen LogP) is 4.67. The van der Waals surface area contributed by atoms with Crippen molar-refractivity contribution in [2.75, 3.05) is 13.2 Å². The lowest BCUT2D eigenvalue weighted by molar-refractivity contribution is -0.00638. The molecule has 0 aliphatic carbocycles. The Morgan fingerprint density at radius 3 is 2.05 bits per heavy atom. The molecule has 0 saturated heterocycles. The average Bonchev–Trinajstić information content (AvgIpc) is 2.32. The molecule has 1 N–H and O–H groups in total. The molecule has 120 valence electrons. The Balaban J connectivity index is 2.67. The van der Waals surface area contributed by atoms with Gasteiger partial charge in [-0.25, -0.2) is 0 Å². The minimum atomic E-state index is -0.0602. The summed E-state index contributed by atoms with van der Waals surface area (Å²) in [6, 6.07) is 8.90. The van der Waals surface area contributed by atoms with Gasteiger partial charge in [0.2, 0.25) is 0 Å². The molecule has 1 rings (SSSR count). The highest BCUT2D eigenvalue weighted by atomic mass is 16.5. The van der Waals surface area contributed by atoms with Crippen molar-refractivity contribution in [3.8, 4) is 0 Å². The van der Waals surface area contributed by atoms with Crippen LogP contribution in [-0.2, 0) is 4.74 Å². The Labute approximate surface area is 131 Å². The largest absolute Gasteiger partial charge is 0.376 e. The van der Waals surface area contributed by atoms with Gasteiger partial charge in [0.25, 0.3) is 0 Å². The molecule has 0 fully saturated rings. The van der Waals surface area contributed by atoms with Crippen LogP contribution in [0.1, 0.15) is 65.0 Å². The summed E-state index contributed by atoms with van der Waals surface area (Å²) in [5.74, 6) is 0.493. The predicted molar refractivity (Wildman–Crippen MR) is 92.0 cm³/mol. The van der Waals surface area contributed by atoms with E-state index >= 15 is 0 Å². The summed E-state index contributed by atoms with van der Waals surface area (Å²) in [4.78, 5) is 0. The molecule has 0 aromatic heterocycles. The van der Waals surface area contributed by atoms with Crippen LogP contribution < -0.4 is 5.32 Å². The molecule has 1 aromatic rings. The lowest BCUT2D eigenvalue weighted by Crippen LogP contribution is -2.39. The average molecular weight is 291 g/mol. The molecular weight excluding hydrogens is 258 g/mol. The highest BCUT2D eigenvalue weighted by Crippen LogP contribution is 2.22. The van der Waals surface area contributed by atoms with Crippen LogP contribution in [0.5, 0.6) is 0 Å². The third-order valence-corrected chi connectivity index (χ3v) is 3.43. The van der Waals surface area contributed by atoms with E-state index in [9.17, 15) is 0 Å². The van der Waals surface area contributed by atoms with E-state index in [0.717, 1.165) is 19.6 Å². The second-order valence-corrected chi connectivity index (χ2v) is 7.99. The molecule has 0 aliphatic heterocycles. The van der Waals surface area contributed by atoms with Gasteiger partial charge in [0.05, 0.1) is 5.60 Å². The molecule has 1 aromatic carbocycles. The molecule has 21 heavy (non-hydrogen) atoms. The summed E-state index contributed by atoms with van der Waals surface area (Å²) in [6.07, 6.45) is 1.05. The second-order valence-electron chi connectivity index (χ2n) is 7.99. The zero-order valence-electron chi connectivity index (χ0n) is 14.9. The fraction of sp³-hybridized carbons (Fsp3) is 0.684. The first-order valence-electron chi connectivity index (χ1n) is 8.02. The lowest BCUT2D eigenvalue weighted by Gasteiger charge is -2.27. The lowest BCUT2D eigenvalue weighted by atomic mass is 9.94. The Kier molecular flexibility index (Phi) is 6.42. The fourth-order valence-electron chi connectivity index (χ4n) is 2.16. The van der Waals surface area contributed by atoms with E-state index in [1.165, 1.54) is 11.1 Å². The van der Waals surface area contributed by atoms with Gasteiger partial charge in [0.1, 0.15) is 0 Å². The van der Waals surface area contributed by atoms with Gasteiger partial charge in [-0.3, -0.25) is 0 Å². The monoisotopic (exact) mass is 291 g/mol. The Morgan fingerprint density at radius 2 is 1.57 bits per heavy atom. The SMILES string of the molecule is Cc1ccc(C(CCOC(C)(C)C)CNC(C)(C)C)cc1. The van der Waals surface area contributed by atoms with Crippen LogP contribution in [0.4, 0.5) is 0 Å².